The molecule has 0 aromatic carbocycles. The lowest BCUT2D eigenvalue weighted by molar-refractivity contribution is 0.442. The fourth-order valence-electron chi connectivity index (χ4n) is 2.40. The lowest BCUT2D eigenvalue weighted by Crippen LogP contribution is -2.05. The zero-order valence-corrected chi connectivity index (χ0v) is 10.1. The van der Waals surface area contributed by atoms with Crippen molar-refractivity contribution in [3.05, 3.63) is 15.7 Å². The predicted octanol–water partition coefficient (Wildman–Crippen LogP) is 3.28. The molecule has 0 spiro atoms. The number of nitrogens with two attached hydrogens (primary N) is 1. The van der Waals surface area contributed by atoms with Gasteiger partial charge in [-0.2, -0.15) is 5.26 Å². The second kappa shape index (κ2) is 4.28. The van der Waals surface area contributed by atoms with Crippen molar-refractivity contribution in [2.45, 2.75) is 38.0 Å². The Hall–Kier alpha value is -0.950. The smallest absolute Gasteiger partial charge is 0.120 e. The van der Waals surface area contributed by atoms with Crippen LogP contribution in [0.3, 0.4) is 0 Å². The van der Waals surface area contributed by atoms with Gasteiger partial charge in [-0.3, -0.25) is 0 Å². The SMILES string of the molecule is N#Cc1c(N)[nH]c(Br)c1C1CCCCC1. The molecule has 80 valence electrons. The Morgan fingerprint density at radius 3 is 2.60 bits per heavy atom. The minimum Gasteiger partial charge on any atom is -0.384 e. The number of aromatic nitrogens is 1. The summed E-state index contributed by atoms with van der Waals surface area (Å²) in [6.07, 6.45) is 6.17. The van der Waals surface area contributed by atoms with Crippen molar-refractivity contribution in [2.24, 2.45) is 0 Å². The molecule has 1 fully saturated rings. The number of H-pyrrole nitrogens is 1. The number of nitrogens with zero attached hydrogens (tertiary/aromatic N) is 1. The van der Waals surface area contributed by atoms with Gasteiger partial charge in [0.05, 0.1) is 10.2 Å². The van der Waals surface area contributed by atoms with Crippen LogP contribution in [0.15, 0.2) is 4.60 Å². The maximum absolute atomic E-state index is 9.07. The van der Waals surface area contributed by atoms with E-state index in [2.05, 4.69) is 27.0 Å². The van der Waals surface area contributed by atoms with Crippen molar-refractivity contribution in [3.8, 4) is 6.07 Å². The first-order valence-electron chi connectivity index (χ1n) is 5.31. The van der Waals surface area contributed by atoms with E-state index < -0.39 is 0 Å². The van der Waals surface area contributed by atoms with Gasteiger partial charge in [0.1, 0.15) is 11.9 Å². The average Bonchev–Trinajstić information content (AvgIpc) is 2.54. The van der Waals surface area contributed by atoms with Crippen molar-refractivity contribution in [2.75, 3.05) is 5.73 Å². The molecular weight excluding hydrogens is 254 g/mol. The first-order valence-corrected chi connectivity index (χ1v) is 6.10. The van der Waals surface area contributed by atoms with Crippen LogP contribution < -0.4 is 5.73 Å². The number of nitrogen functional groups attached to an aromatic ring is 1. The molecule has 1 saturated carbocycles. The summed E-state index contributed by atoms with van der Waals surface area (Å²) in [7, 11) is 0. The van der Waals surface area contributed by atoms with Gasteiger partial charge < -0.3 is 10.7 Å². The summed E-state index contributed by atoms with van der Waals surface area (Å²) in [5.74, 6) is 0.987. The van der Waals surface area contributed by atoms with Gasteiger partial charge in [-0.15, -0.1) is 0 Å². The van der Waals surface area contributed by atoms with Crippen LogP contribution in [0.25, 0.3) is 0 Å². The Balaban J connectivity index is 2.37. The molecule has 15 heavy (non-hydrogen) atoms. The highest BCUT2D eigenvalue weighted by Gasteiger charge is 2.24. The van der Waals surface area contributed by atoms with E-state index in [9.17, 15) is 0 Å². The first-order chi connectivity index (χ1) is 7.24. The number of hydrogen-bond donors (Lipinski definition) is 2. The number of aromatic amines is 1. The van der Waals surface area contributed by atoms with Crippen molar-refractivity contribution in [1.29, 1.82) is 5.26 Å². The number of rotatable bonds is 1. The molecule has 0 atom stereocenters. The molecule has 0 amide bonds. The fourth-order valence-corrected chi connectivity index (χ4v) is 3.13. The second-order valence-electron chi connectivity index (χ2n) is 4.09. The Morgan fingerprint density at radius 1 is 1.33 bits per heavy atom. The molecule has 3 nitrogen and oxygen atoms in total. The molecule has 3 N–H and O–H groups in total. The standard InChI is InChI=1S/C11H14BrN3/c12-10-9(7-4-2-1-3-5-7)8(6-13)11(14)15-10/h7,15H,1-5,14H2. The van der Waals surface area contributed by atoms with Gasteiger partial charge in [0.15, 0.2) is 0 Å². The summed E-state index contributed by atoms with van der Waals surface area (Å²) in [6, 6.07) is 2.20. The summed E-state index contributed by atoms with van der Waals surface area (Å²) in [4.78, 5) is 3.00. The molecule has 0 saturated heterocycles. The summed E-state index contributed by atoms with van der Waals surface area (Å²) in [5.41, 5.74) is 7.48. The molecular formula is C11H14BrN3. The van der Waals surface area contributed by atoms with Gasteiger partial charge in [-0.05, 0) is 34.7 Å². The number of nitrogens with one attached hydrogen (secondary N) is 1. The third-order valence-corrected chi connectivity index (χ3v) is 3.77. The predicted molar refractivity (Wildman–Crippen MR) is 63.4 cm³/mol. The van der Waals surface area contributed by atoms with E-state index in [-0.39, 0.29) is 0 Å². The van der Waals surface area contributed by atoms with Gasteiger partial charge >= 0.3 is 0 Å². The molecule has 4 heteroatoms. The first kappa shape index (κ1) is 10.6. The topological polar surface area (TPSA) is 65.6 Å². The van der Waals surface area contributed by atoms with E-state index >= 15 is 0 Å². The lowest BCUT2D eigenvalue weighted by atomic mass is 9.84. The third kappa shape index (κ3) is 1.89. The normalized spacial score (nSPS) is 17.6. The number of anilines is 1. The molecule has 1 heterocycles. The minimum absolute atomic E-state index is 0.491. The number of hydrogen-bond acceptors (Lipinski definition) is 2. The Kier molecular flexibility index (Phi) is 3.01. The van der Waals surface area contributed by atoms with Crippen molar-refractivity contribution in [1.82, 2.24) is 4.98 Å². The molecule has 1 aliphatic carbocycles. The van der Waals surface area contributed by atoms with E-state index in [4.69, 9.17) is 11.0 Å². The highest BCUT2D eigenvalue weighted by atomic mass is 79.9. The van der Waals surface area contributed by atoms with E-state index in [0.29, 0.717) is 17.3 Å². The van der Waals surface area contributed by atoms with E-state index in [1.165, 1.54) is 32.1 Å². The van der Waals surface area contributed by atoms with Crippen molar-refractivity contribution >= 4 is 21.7 Å². The Bertz CT molecular complexity index is 397. The molecule has 1 aromatic heterocycles. The van der Waals surface area contributed by atoms with E-state index in [0.717, 1.165) is 10.2 Å². The van der Waals surface area contributed by atoms with Crippen LogP contribution in [0.2, 0.25) is 0 Å². The highest BCUT2D eigenvalue weighted by Crippen LogP contribution is 2.39. The Morgan fingerprint density at radius 2 is 2.00 bits per heavy atom. The lowest BCUT2D eigenvalue weighted by Gasteiger charge is -2.21. The van der Waals surface area contributed by atoms with Crippen LogP contribution in [0, 0.1) is 11.3 Å². The molecule has 0 radical (unpaired) electrons. The molecule has 0 bridgehead atoms. The fraction of sp³-hybridized carbons (Fsp3) is 0.545. The van der Waals surface area contributed by atoms with Crippen molar-refractivity contribution < 1.29 is 0 Å². The van der Waals surface area contributed by atoms with Gasteiger partial charge in [0, 0.05) is 5.56 Å². The van der Waals surface area contributed by atoms with Crippen LogP contribution in [0.4, 0.5) is 5.82 Å². The molecule has 1 aliphatic rings. The molecule has 2 rings (SSSR count). The third-order valence-electron chi connectivity index (χ3n) is 3.14. The largest absolute Gasteiger partial charge is 0.384 e. The van der Waals surface area contributed by atoms with E-state index in [1.54, 1.807) is 0 Å². The van der Waals surface area contributed by atoms with E-state index in [1.807, 2.05) is 0 Å². The molecule has 1 aromatic rings. The summed E-state index contributed by atoms with van der Waals surface area (Å²) < 4.78 is 0.892. The van der Waals surface area contributed by atoms with Crippen LogP contribution >= 0.6 is 15.9 Å². The summed E-state index contributed by atoms with van der Waals surface area (Å²) >= 11 is 3.46. The molecule has 0 aliphatic heterocycles. The summed E-state index contributed by atoms with van der Waals surface area (Å²) in [6.45, 7) is 0. The maximum atomic E-state index is 9.07. The average molecular weight is 268 g/mol. The quantitative estimate of drug-likeness (QED) is 0.820. The number of nitriles is 1. The Labute approximate surface area is 97.8 Å². The van der Waals surface area contributed by atoms with Gasteiger partial charge in [-0.25, -0.2) is 0 Å². The van der Waals surface area contributed by atoms with Crippen molar-refractivity contribution in [3.63, 3.8) is 0 Å². The van der Waals surface area contributed by atoms with Crippen LogP contribution in [0.1, 0.15) is 49.1 Å². The molecule has 0 unspecified atom stereocenters. The monoisotopic (exact) mass is 267 g/mol. The zero-order chi connectivity index (χ0) is 10.8. The van der Waals surface area contributed by atoms with Crippen LogP contribution in [-0.4, -0.2) is 4.98 Å². The number of halogens is 1. The summed E-state index contributed by atoms with van der Waals surface area (Å²) in [5, 5.41) is 9.07. The highest BCUT2D eigenvalue weighted by molar-refractivity contribution is 9.10. The van der Waals surface area contributed by atoms with Gasteiger partial charge in [0.25, 0.3) is 0 Å². The van der Waals surface area contributed by atoms with Crippen LogP contribution in [0.5, 0.6) is 0 Å². The second-order valence-corrected chi connectivity index (χ2v) is 4.88. The van der Waals surface area contributed by atoms with Gasteiger partial charge in [-0.1, -0.05) is 19.3 Å². The van der Waals surface area contributed by atoms with Gasteiger partial charge in [0.2, 0.25) is 0 Å². The minimum atomic E-state index is 0.491. The zero-order valence-electron chi connectivity index (χ0n) is 8.52. The maximum Gasteiger partial charge on any atom is 0.120 e. The van der Waals surface area contributed by atoms with Crippen LogP contribution in [-0.2, 0) is 0 Å².